The lowest BCUT2D eigenvalue weighted by molar-refractivity contribution is -0.132. The van der Waals surface area contributed by atoms with E-state index in [0.717, 1.165) is 43.3 Å². The third-order valence-corrected chi connectivity index (χ3v) is 4.62. The molecule has 1 aliphatic rings. The second-order valence-electron chi connectivity index (χ2n) is 5.23. The molecule has 110 valence electrons. The van der Waals surface area contributed by atoms with Crippen LogP contribution in [0.4, 0.5) is 0 Å². The number of rotatable bonds is 4. The molecule has 2 aromatic rings. The van der Waals surface area contributed by atoms with Gasteiger partial charge in [0.2, 0.25) is 5.91 Å². The predicted octanol–water partition coefficient (Wildman–Crippen LogP) is 2.03. The molecule has 0 unspecified atom stereocenters. The maximum Gasteiger partial charge on any atom is 0.227 e. The van der Waals surface area contributed by atoms with Gasteiger partial charge in [-0.15, -0.1) is 11.3 Å². The minimum atomic E-state index is 0.245. The van der Waals surface area contributed by atoms with Crippen molar-refractivity contribution in [2.24, 2.45) is 0 Å². The third kappa shape index (κ3) is 3.89. The van der Waals surface area contributed by atoms with Crippen molar-refractivity contribution in [3.8, 4) is 0 Å². The molecule has 2 aromatic heterocycles. The van der Waals surface area contributed by atoms with Crippen molar-refractivity contribution in [2.75, 3.05) is 26.2 Å². The number of carbonyl (C=O) groups excluding carboxylic acids is 1. The fraction of sp³-hybridized carbons (Fsp3) is 0.375. The van der Waals surface area contributed by atoms with E-state index in [1.165, 1.54) is 0 Å². The number of amides is 1. The molecule has 0 radical (unpaired) electrons. The quantitative estimate of drug-likeness (QED) is 0.867. The van der Waals surface area contributed by atoms with Crippen molar-refractivity contribution in [1.29, 1.82) is 0 Å². The summed E-state index contributed by atoms with van der Waals surface area (Å²) >= 11 is 1.65. The van der Waals surface area contributed by atoms with E-state index in [-0.39, 0.29) is 5.91 Å². The van der Waals surface area contributed by atoms with Gasteiger partial charge in [0.25, 0.3) is 0 Å². The number of hydrogen-bond donors (Lipinski definition) is 0. The molecule has 3 rings (SSSR count). The molecule has 0 N–H and O–H groups in total. The van der Waals surface area contributed by atoms with Gasteiger partial charge in [-0.3, -0.25) is 14.7 Å². The molecule has 3 heterocycles. The molecular formula is C16H19N3OS. The summed E-state index contributed by atoms with van der Waals surface area (Å²) in [6, 6.07) is 10.0. The fourth-order valence-electron chi connectivity index (χ4n) is 2.55. The Balaban J connectivity index is 1.47. The second kappa shape index (κ2) is 6.83. The highest BCUT2D eigenvalue weighted by molar-refractivity contribution is 7.10. The van der Waals surface area contributed by atoms with E-state index in [9.17, 15) is 4.79 Å². The Bertz CT molecular complexity index is 562. The van der Waals surface area contributed by atoms with Gasteiger partial charge in [-0.25, -0.2) is 0 Å². The standard InChI is InChI=1S/C16H19N3OS/c20-16(12-15-5-3-11-21-15)19-9-7-18(8-10-19)13-14-4-1-2-6-17-14/h1-6,11H,7-10,12-13H2. The average molecular weight is 301 g/mol. The van der Waals surface area contributed by atoms with E-state index >= 15 is 0 Å². The lowest BCUT2D eigenvalue weighted by Gasteiger charge is -2.34. The van der Waals surface area contributed by atoms with Gasteiger partial charge in [-0.2, -0.15) is 0 Å². The normalized spacial score (nSPS) is 16.1. The Labute approximate surface area is 129 Å². The molecule has 0 aromatic carbocycles. The van der Waals surface area contributed by atoms with Crippen molar-refractivity contribution in [3.63, 3.8) is 0 Å². The Morgan fingerprint density at radius 3 is 2.67 bits per heavy atom. The molecule has 1 fully saturated rings. The summed E-state index contributed by atoms with van der Waals surface area (Å²) in [6.07, 6.45) is 2.37. The summed E-state index contributed by atoms with van der Waals surface area (Å²) < 4.78 is 0. The number of carbonyl (C=O) groups is 1. The Morgan fingerprint density at radius 2 is 2.00 bits per heavy atom. The highest BCUT2D eigenvalue weighted by Crippen LogP contribution is 2.12. The van der Waals surface area contributed by atoms with Crippen LogP contribution in [0.2, 0.25) is 0 Å². The zero-order valence-corrected chi connectivity index (χ0v) is 12.8. The maximum absolute atomic E-state index is 12.2. The van der Waals surface area contributed by atoms with Crippen LogP contribution in [0.5, 0.6) is 0 Å². The maximum atomic E-state index is 12.2. The van der Waals surface area contributed by atoms with Gasteiger partial charge < -0.3 is 4.90 Å². The van der Waals surface area contributed by atoms with Gasteiger partial charge in [0, 0.05) is 43.8 Å². The lowest BCUT2D eigenvalue weighted by Crippen LogP contribution is -2.48. The molecule has 1 saturated heterocycles. The minimum Gasteiger partial charge on any atom is -0.340 e. The van der Waals surface area contributed by atoms with Crippen LogP contribution in [0.15, 0.2) is 41.9 Å². The lowest BCUT2D eigenvalue weighted by atomic mass is 10.2. The molecule has 21 heavy (non-hydrogen) atoms. The van der Waals surface area contributed by atoms with E-state index in [0.29, 0.717) is 6.42 Å². The van der Waals surface area contributed by atoms with Crippen LogP contribution in [0.25, 0.3) is 0 Å². The van der Waals surface area contributed by atoms with Gasteiger partial charge in [-0.05, 0) is 23.6 Å². The van der Waals surface area contributed by atoms with Crippen molar-refractivity contribution in [3.05, 3.63) is 52.5 Å². The van der Waals surface area contributed by atoms with Crippen molar-refractivity contribution < 1.29 is 4.79 Å². The third-order valence-electron chi connectivity index (χ3n) is 3.74. The van der Waals surface area contributed by atoms with Crippen LogP contribution < -0.4 is 0 Å². The number of aromatic nitrogens is 1. The summed E-state index contributed by atoms with van der Waals surface area (Å²) in [7, 11) is 0. The first-order valence-corrected chi connectivity index (χ1v) is 8.11. The van der Waals surface area contributed by atoms with Gasteiger partial charge in [0.15, 0.2) is 0 Å². The molecule has 5 heteroatoms. The summed E-state index contributed by atoms with van der Waals surface area (Å²) in [5.74, 6) is 0.245. The molecule has 4 nitrogen and oxygen atoms in total. The summed E-state index contributed by atoms with van der Waals surface area (Å²) in [5.41, 5.74) is 1.09. The molecule has 0 spiro atoms. The fourth-order valence-corrected chi connectivity index (χ4v) is 3.25. The molecule has 0 atom stereocenters. The predicted molar refractivity (Wildman–Crippen MR) is 84.1 cm³/mol. The van der Waals surface area contributed by atoms with Crippen molar-refractivity contribution in [2.45, 2.75) is 13.0 Å². The van der Waals surface area contributed by atoms with Crippen molar-refractivity contribution in [1.82, 2.24) is 14.8 Å². The smallest absolute Gasteiger partial charge is 0.227 e. The molecule has 1 aliphatic heterocycles. The summed E-state index contributed by atoms with van der Waals surface area (Å²) in [5, 5.41) is 2.02. The first kappa shape index (κ1) is 14.2. The molecule has 0 aliphatic carbocycles. The monoisotopic (exact) mass is 301 g/mol. The summed E-state index contributed by atoms with van der Waals surface area (Å²) in [4.78, 5) is 22.1. The Morgan fingerprint density at radius 1 is 1.14 bits per heavy atom. The number of pyridine rings is 1. The molecule has 0 saturated carbocycles. The average Bonchev–Trinajstić information content (AvgIpc) is 3.02. The van der Waals surface area contributed by atoms with Crippen LogP contribution >= 0.6 is 11.3 Å². The number of piperazine rings is 1. The molecule has 0 bridgehead atoms. The van der Waals surface area contributed by atoms with Gasteiger partial charge >= 0.3 is 0 Å². The minimum absolute atomic E-state index is 0.245. The van der Waals surface area contributed by atoms with Crippen LogP contribution in [0.3, 0.4) is 0 Å². The number of hydrogen-bond acceptors (Lipinski definition) is 4. The van der Waals surface area contributed by atoms with E-state index in [2.05, 4.69) is 9.88 Å². The molecular weight excluding hydrogens is 282 g/mol. The zero-order valence-electron chi connectivity index (χ0n) is 11.9. The molecule has 1 amide bonds. The van der Waals surface area contributed by atoms with Gasteiger partial charge in [0.1, 0.15) is 0 Å². The Hall–Kier alpha value is -1.72. The largest absolute Gasteiger partial charge is 0.340 e. The number of thiophene rings is 1. The van der Waals surface area contributed by atoms with Crippen LogP contribution in [0.1, 0.15) is 10.6 Å². The first-order valence-electron chi connectivity index (χ1n) is 7.24. The Kier molecular flexibility index (Phi) is 4.62. The van der Waals surface area contributed by atoms with Gasteiger partial charge in [-0.1, -0.05) is 12.1 Å². The highest BCUT2D eigenvalue weighted by Gasteiger charge is 2.21. The van der Waals surface area contributed by atoms with Crippen LogP contribution in [-0.4, -0.2) is 46.9 Å². The van der Waals surface area contributed by atoms with E-state index < -0.39 is 0 Å². The highest BCUT2D eigenvalue weighted by atomic mass is 32.1. The summed E-state index contributed by atoms with van der Waals surface area (Å²) in [6.45, 7) is 4.35. The van der Waals surface area contributed by atoms with Crippen LogP contribution in [-0.2, 0) is 17.8 Å². The first-order chi connectivity index (χ1) is 10.3. The van der Waals surface area contributed by atoms with E-state index in [1.807, 2.05) is 46.8 Å². The topological polar surface area (TPSA) is 36.4 Å². The number of nitrogens with zero attached hydrogens (tertiary/aromatic N) is 3. The van der Waals surface area contributed by atoms with E-state index in [1.54, 1.807) is 11.3 Å². The second-order valence-corrected chi connectivity index (χ2v) is 6.27. The zero-order chi connectivity index (χ0) is 14.5. The SMILES string of the molecule is O=C(Cc1cccs1)N1CCN(Cc2ccccn2)CC1. The van der Waals surface area contributed by atoms with Crippen LogP contribution in [0, 0.1) is 0 Å². The van der Waals surface area contributed by atoms with Crippen molar-refractivity contribution >= 4 is 17.2 Å². The van der Waals surface area contributed by atoms with E-state index in [4.69, 9.17) is 0 Å². The van der Waals surface area contributed by atoms with Gasteiger partial charge in [0.05, 0.1) is 12.1 Å².